The van der Waals surface area contributed by atoms with Gasteiger partial charge >= 0.3 is 6.18 Å². The molecule has 12 heteroatoms. The predicted octanol–water partition coefficient (Wildman–Crippen LogP) is 4.12. The lowest BCUT2D eigenvalue weighted by atomic mass is 10.2. The third-order valence-corrected chi connectivity index (χ3v) is 7.28. The summed E-state index contributed by atoms with van der Waals surface area (Å²) in [5.74, 6) is -1.17. The lowest BCUT2D eigenvalue weighted by Crippen LogP contribution is -2.30. The first-order valence-electron chi connectivity index (χ1n) is 10.5. The van der Waals surface area contributed by atoms with Crippen LogP contribution in [0.2, 0.25) is 0 Å². The van der Waals surface area contributed by atoms with E-state index in [1.807, 2.05) is 0 Å². The van der Waals surface area contributed by atoms with Crippen molar-refractivity contribution in [1.82, 2.24) is 13.9 Å². The summed E-state index contributed by atoms with van der Waals surface area (Å²) in [7, 11) is -2.39. The first kappa shape index (κ1) is 25.5. The number of nitrogens with one attached hydrogen (secondary N) is 1. The van der Waals surface area contributed by atoms with E-state index >= 15 is 0 Å². The summed E-state index contributed by atoms with van der Waals surface area (Å²) in [5.41, 5.74) is 0.413. The quantitative estimate of drug-likeness (QED) is 0.479. The van der Waals surface area contributed by atoms with Gasteiger partial charge in [0, 0.05) is 37.8 Å². The average molecular weight is 499 g/mol. The van der Waals surface area contributed by atoms with E-state index in [4.69, 9.17) is 4.74 Å². The van der Waals surface area contributed by atoms with Crippen LogP contribution in [0.3, 0.4) is 0 Å². The summed E-state index contributed by atoms with van der Waals surface area (Å²) in [6, 6.07) is 10.3. The highest BCUT2D eigenvalue weighted by Crippen LogP contribution is 2.33. The van der Waals surface area contributed by atoms with E-state index in [0.717, 1.165) is 10.6 Å². The molecule has 0 bridgehead atoms. The molecule has 0 radical (unpaired) electrons. The van der Waals surface area contributed by atoms with Gasteiger partial charge in [0.15, 0.2) is 0 Å². The minimum Gasteiger partial charge on any atom is -0.497 e. The Balaban J connectivity index is 1.91. The summed E-state index contributed by atoms with van der Waals surface area (Å²) in [6.07, 6.45) is -5.05. The summed E-state index contributed by atoms with van der Waals surface area (Å²) in [6.45, 7) is 3.49. The van der Waals surface area contributed by atoms with Crippen LogP contribution in [0, 0.1) is 0 Å². The normalized spacial score (nSPS) is 12.3. The third kappa shape index (κ3) is 5.33. The number of sulfonamides is 1. The Morgan fingerprint density at radius 3 is 2.47 bits per heavy atom. The molecule has 0 aliphatic rings. The molecule has 0 saturated carbocycles. The number of amides is 1. The van der Waals surface area contributed by atoms with Gasteiger partial charge in [-0.05, 0) is 30.3 Å². The molecule has 0 saturated heterocycles. The third-order valence-electron chi connectivity index (χ3n) is 5.23. The number of fused-ring (bicyclic) bond motifs is 1. The molecular formula is C22H25F3N4O4S. The van der Waals surface area contributed by atoms with Crippen LogP contribution >= 0.6 is 0 Å². The number of halogens is 3. The van der Waals surface area contributed by atoms with Gasteiger partial charge in [-0.2, -0.15) is 17.5 Å². The molecule has 1 N–H and O–H groups in total. The van der Waals surface area contributed by atoms with Gasteiger partial charge in [-0.15, -0.1) is 0 Å². The lowest BCUT2D eigenvalue weighted by Gasteiger charge is -2.18. The summed E-state index contributed by atoms with van der Waals surface area (Å²) >= 11 is 0. The maximum absolute atomic E-state index is 13.7. The van der Waals surface area contributed by atoms with E-state index in [1.54, 1.807) is 38.1 Å². The molecule has 34 heavy (non-hydrogen) atoms. The number of anilines is 1. The Morgan fingerprint density at radius 2 is 1.85 bits per heavy atom. The Labute approximate surface area is 195 Å². The highest BCUT2D eigenvalue weighted by molar-refractivity contribution is 7.89. The second kappa shape index (κ2) is 10.0. The van der Waals surface area contributed by atoms with Gasteiger partial charge in [0.2, 0.25) is 21.8 Å². The second-order valence-corrected chi connectivity index (χ2v) is 9.29. The van der Waals surface area contributed by atoms with Gasteiger partial charge in [-0.1, -0.05) is 19.9 Å². The summed E-state index contributed by atoms with van der Waals surface area (Å²) in [5, 5.41) is 2.62. The van der Waals surface area contributed by atoms with Crippen LogP contribution in [0.25, 0.3) is 11.0 Å². The number of imidazole rings is 1. The van der Waals surface area contributed by atoms with Crippen molar-refractivity contribution in [3.63, 3.8) is 0 Å². The van der Waals surface area contributed by atoms with Gasteiger partial charge in [-0.3, -0.25) is 4.79 Å². The van der Waals surface area contributed by atoms with Crippen LogP contribution in [0.1, 0.15) is 26.1 Å². The Hall–Kier alpha value is -3.12. The molecule has 0 fully saturated rings. The van der Waals surface area contributed by atoms with Crippen molar-refractivity contribution in [3.05, 3.63) is 48.3 Å². The molecule has 1 heterocycles. The van der Waals surface area contributed by atoms with Gasteiger partial charge in [0.25, 0.3) is 0 Å². The molecule has 1 amide bonds. The molecule has 3 aromatic rings. The predicted molar refractivity (Wildman–Crippen MR) is 121 cm³/mol. The molecule has 3 rings (SSSR count). The molecule has 0 unspecified atom stereocenters. The fraction of sp³-hybridized carbons (Fsp3) is 0.364. The van der Waals surface area contributed by atoms with Crippen molar-refractivity contribution in [2.45, 2.75) is 37.9 Å². The van der Waals surface area contributed by atoms with Crippen molar-refractivity contribution in [2.75, 3.05) is 25.5 Å². The van der Waals surface area contributed by atoms with Crippen LogP contribution in [0.5, 0.6) is 5.75 Å². The number of rotatable bonds is 9. The van der Waals surface area contributed by atoms with E-state index < -0.39 is 27.9 Å². The van der Waals surface area contributed by atoms with Crippen LogP contribution in [0.4, 0.5) is 18.9 Å². The van der Waals surface area contributed by atoms with Gasteiger partial charge < -0.3 is 14.6 Å². The van der Waals surface area contributed by atoms with Crippen molar-refractivity contribution in [2.24, 2.45) is 0 Å². The number of aryl methyl sites for hydroxylation is 1. The molecular weight excluding hydrogens is 473 g/mol. The van der Waals surface area contributed by atoms with E-state index in [-0.39, 0.29) is 42.0 Å². The van der Waals surface area contributed by atoms with E-state index in [0.29, 0.717) is 11.4 Å². The summed E-state index contributed by atoms with van der Waals surface area (Å²) < 4.78 is 73.8. The highest BCUT2D eigenvalue weighted by atomic mass is 32.2. The number of nitrogens with zero attached hydrogens (tertiary/aromatic N) is 3. The molecule has 0 aliphatic carbocycles. The standard InChI is InChI=1S/C22H25F3N4O4S/c1-4-28(5-2)34(31,32)17-9-10-19-18(14-17)27-21(22(23,24)25)29(19)12-11-20(30)26-15-7-6-8-16(13-15)33-3/h6-10,13-14H,4-5,11-12H2,1-3H3,(H,26,30). The van der Waals surface area contributed by atoms with Crippen molar-refractivity contribution in [1.29, 1.82) is 0 Å². The van der Waals surface area contributed by atoms with Crippen LogP contribution in [-0.4, -0.2) is 48.4 Å². The SMILES string of the molecule is CCN(CC)S(=O)(=O)c1ccc2c(c1)nc(C(F)(F)F)n2CCC(=O)Nc1cccc(OC)c1. The molecule has 0 aliphatic heterocycles. The van der Waals surface area contributed by atoms with Crippen molar-refractivity contribution < 1.29 is 31.1 Å². The number of carbonyl (C=O) groups excluding carboxylic acids is 1. The topological polar surface area (TPSA) is 93.5 Å². The highest BCUT2D eigenvalue weighted by Gasteiger charge is 2.38. The number of methoxy groups -OCH3 is 1. The van der Waals surface area contributed by atoms with E-state index in [2.05, 4.69) is 10.3 Å². The van der Waals surface area contributed by atoms with E-state index in [1.165, 1.54) is 23.5 Å². The monoisotopic (exact) mass is 498 g/mol. The summed E-state index contributed by atoms with van der Waals surface area (Å²) in [4.78, 5) is 15.9. The maximum atomic E-state index is 13.7. The number of hydrogen-bond acceptors (Lipinski definition) is 5. The van der Waals surface area contributed by atoms with E-state index in [9.17, 15) is 26.4 Å². The van der Waals surface area contributed by atoms with Crippen molar-refractivity contribution >= 4 is 32.7 Å². The number of ether oxygens (including phenoxy) is 1. The molecule has 184 valence electrons. The zero-order valence-corrected chi connectivity index (χ0v) is 19.7. The fourth-order valence-electron chi connectivity index (χ4n) is 3.56. The van der Waals surface area contributed by atoms with Crippen LogP contribution in [-0.2, 0) is 27.5 Å². The molecule has 8 nitrogen and oxygen atoms in total. The zero-order valence-electron chi connectivity index (χ0n) is 18.9. The fourth-order valence-corrected chi connectivity index (χ4v) is 5.04. The van der Waals surface area contributed by atoms with Crippen molar-refractivity contribution in [3.8, 4) is 5.75 Å². The van der Waals surface area contributed by atoms with Crippen LogP contribution < -0.4 is 10.1 Å². The largest absolute Gasteiger partial charge is 0.497 e. The van der Waals surface area contributed by atoms with Gasteiger partial charge in [-0.25, -0.2) is 13.4 Å². The Morgan fingerprint density at radius 1 is 1.15 bits per heavy atom. The molecule has 1 aromatic heterocycles. The Kier molecular flexibility index (Phi) is 7.51. The lowest BCUT2D eigenvalue weighted by molar-refractivity contribution is -0.147. The second-order valence-electron chi connectivity index (χ2n) is 7.35. The first-order valence-corrected chi connectivity index (χ1v) is 12.0. The maximum Gasteiger partial charge on any atom is 0.449 e. The number of aromatic nitrogens is 2. The number of carbonyl (C=O) groups is 1. The van der Waals surface area contributed by atoms with Gasteiger partial charge in [0.1, 0.15) is 5.75 Å². The first-order chi connectivity index (χ1) is 16.0. The minimum atomic E-state index is -4.79. The molecule has 0 atom stereocenters. The average Bonchev–Trinajstić information content (AvgIpc) is 3.17. The molecule has 0 spiro atoms. The molecule has 2 aromatic carbocycles. The zero-order chi connectivity index (χ0) is 25.1. The van der Waals surface area contributed by atoms with Gasteiger partial charge in [0.05, 0.1) is 23.0 Å². The number of hydrogen-bond donors (Lipinski definition) is 1. The number of benzene rings is 2. The smallest absolute Gasteiger partial charge is 0.449 e. The Bertz CT molecular complexity index is 1290. The minimum absolute atomic E-state index is 0.0833. The number of alkyl halides is 3. The van der Waals surface area contributed by atoms with Crippen LogP contribution in [0.15, 0.2) is 47.4 Å².